The predicted octanol–water partition coefficient (Wildman–Crippen LogP) is 2.74. The van der Waals surface area contributed by atoms with Gasteiger partial charge in [0.15, 0.2) is 0 Å². The summed E-state index contributed by atoms with van der Waals surface area (Å²) in [5.74, 6) is 0. The van der Waals surface area contributed by atoms with Gasteiger partial charge in [-0.25, -0.2) is 4.98 Å². The average molecular weight is 310 g/mol. The molecule has 0 atom stereocenters. The van der Waals surface area contributed by atoms with E-state index in [1.807, 2.05) is 25.4 Å². The number of aryl methyl sites for hydroxylation is 1. The lowest BCUT2D eigenvalue weighted by molar-refractivity contribution is 0.557. The van der Waals surface area contributed by atoms with E-state index in [-0.39, 0.29) is 5.56 Å². The van der Waals surface area contributed by atoms with E-state index in [1.54, 1.807) is 10.9 Å². The molecule has 0 aliphatic carbocycles. The third-order valence-corrected chi connectivity index (χ3v) is 3.30. The minimum atomic E-state index is 0.0368. The van der Waals surface area contributed by atoms with Gasteiger partial charge in [0.1, 0.15) is 0 Å². The average Bonchev–Trinajstić information content (AvgIpc) is 2.73. The smallest absolute Gasteiger partial charge is 0.253 e. The zero-order valence-corrected chi connectivity index (χ0v) is 12.3. The van der Waals surface area contributed by atoms with Crippen molar-refractivity contribution in [3.05, 3.63) is 50.9 Å². The van der Waals surface area contributed by atoms with Crippen LogP contribution in [0.1, 0.15) is 31.1 Å². The van der Waals surface area contributed by atoms with Crippen molar-refractivity contribution in [2.24, 2.45) is 0 Å². The van der Waals surface area contributed by atoms with Crippen molar-refractivity contribution in [2.45, 2.75) is 33.4 Å². The van der Waals surface area contributed by atoms with Gasteiger partial charge in [0.05, 0.1) is 18.6 Å². The van der Waals surface area contributed by atoms with Crippen LogP contribution in [-0.4, -0.2) is 14.1 Å². The summed E-state index contributed by atoms with van der Waals surface area (Å²) in [6.45, 7) is 6.56. The van der Waals surface area contributed by atoms with E-state index in [4.69, 9.17) is 0 Å². The first-order valence-corrected chi connectivity index (χ1v) is 6.65. The van der Waals surface area contributed by atoms with Gasteiger partial charge in [-0.1, -0.05) is 0 Å². The largest absolute Gasteiger partial charge is 0.330 e. The van der Waals surface area contributed by atoms with Crippen LogP contribution in [0.4, 0.5) is 0 Å². The van der Waals surface area contributed by atoms with E-state index in [2.05, 4.69) is 39.3 Å². The van der Waals surface area contributed by atoms with Gasteiger partial charge in [-0.2, -0.15) is 0 Å². The van der Waals surface area contributed by atoms with Gasteiger partial charge >= 0.3 is 0 Å². The Morgan fingerprint density at radius 1 is 1.44 bits per heavy atom. The molecule has 2 rings (SSSR count). The molecule has 96 valence electrons. The van der Waals surface area contributed by atoms with E-state index in [9.17, 15) is 4.79 Å². The van der Waals surface area contributed by atoms with Crippen molar-refractivity contribution >= 4 is 15.9 Å². The Balaban J connectivity index is 2.40. The predicted molar refractivity (Wildman–Crippen MR) is 74.9 cm³/mol. The van der Waals surface area contributed by atoms with Gasteiger partial charge in [-0.05, 0) is 42.8 Å². The van der Waals surface area contributed by atoms with Crippen molar-refractivity contribution in [1.82, 2.24) is 14.1 Å². The lowest BCUT2D eigenvalue weighted by Crippen LogP contribution is -2.23. The van der Waals surface area contributed by atoms with Crippen LogP contribution in [0.15, 0.2) is 34.1 Å². The van der Waals surface area contributed by atoms with Crippen LogP contribution >= 0.6 is 15.9 Å². The van der Waals surface area contributed by atoms with Crippen LogP contribution in [0.25, 0.3) is 0 Å². The Labute approximate surface area is 114 Å². The first-order valence-electron chi connectivity index (χ1n) is 5.86. The molecule has 4 nitrogen and oxygen atoms in total. The first-order chi connectivity index (χ1) is 8.49. The molecule has 2 heterocycles. The molecule has 0 bridgehead atoms. The third-order valence-electron chi connectivity index (χ3n) is 2.87. The summed E-state index contributed by atoms with van der Waals surface area (Å²) >= 11 is 3.42. The second-order valence-corrected chi connectivity index (χ2v) is 5.58. The molecule has 0 spiro atoms. The molecule has 2 aromatic heterocycles. The summed E-state index contributed by atoms with van der Waals surface area (Å²) in [6.07, 6.45) is 5.42. The van der Waals surface area contributed by atoms with Crippen LogP contribution in [0.5, 0.6) is 0 Å². The molecule has 0 radical (unpaired) electrons. The molecular formula is C13H16BrN3O. The van der Waals surface area contributed by atoms with Crippen LogP contribution < -0.4 is 5.56 Å². The lowest BCUT2D eigenvalue weighted by Gasteiger charge is -2.13. The van der Waals surface area contributed by atoms with Crippen LogP contribution in [-0.2, 0) is 6.54 Å². The molecule has 0 aliphatic rings. The summed E-state index contributed by atoms with van der Waals surface area (Å²) in [5, 5.41) is 0. The van der Waals surface area contributed by atoms with Crippen LogP contribution in [0, 0.1) is 6.92 Å². The van der Waals surface area contributed by atoms with Crippen molar-refractivity contribution in [3.63, 3.8) is 0 Å². The molecule has 5 heteroatoms. The molecule has 0 unspecified atom stereocenters. The van der Waals surface area contributed by atoms with Crippen molar-refractivity contribution in [1.29, 1.82) is 0 Å². The van der Waals surface area contributed by atoms with Gasteiger partial charge in [-0.3, -0.25) is 4.79 Å². The van der Waals surface area contributed by atoms with Gasteiger partial charge < -0.3 is 9.13 Å². The Morgan fingerprint density at radius 2 is 2.17 bits per heavy atom. The highest BCUT2D eigenvalue weighted by Gasteiger charge is 2.08. The fourth-order valence-electron chi connectivity index (χ4n) is 1.95. The molecule has 0 amide bonds. The second kappa shape index (κ2) is 5.10. The zero-order valence-electron chi connectivity index (χ0n) is 10.7. The molecule has 0 saturated carbocycles. The topological polar surface area (TPSA) is 39.8 Å². The number of pyridine rings is 1. The molecule has 0 fully saturated rings. The summed E-state index contributed by atoms with van der Waals surface area (Å²) in [7, 11) is 0. The van der Waals surface area contributed by atoms with Gasteiger partial charge in [-0.15, -0.1) is 0 Å². The Bertz CT molecular complexity index is 613. The summed E-state index contributed by atoms with van der Waals surface area (Å²) in [6, 6.07) is 2.17. The lowest BCUT2D eigenvalue weighted by atomic mass is 10.3. The van der Waals surface area contributed by atoms with Gasteiger partial charge in [0, 0.05) is 28.5 Å². The Kier molecular flexibility index (Phi) is 3.71. The molecule has 18 heavy (non-hydrogen) atoms. The standard InChI is InChI=1S/C13H16BrN3O/c1-9(2)17-8-15-5-12(17)7-16-6-11(14)4-10(3)13(16)18/h4-6,8-9H,7H2,1-3H3. The highest BCUT2D eigenvalue weighted by molar-refractivity contribution is 9.10. The number of rotatable bonds is 3. The second-order valence-electron chi connectivity index (χ2n) is 4.66. The summed E-state index contributed by atoms with van der Waals surface area (Å²) in [4.78, 5) is 16.2. The van der Waals surface area contributed by atoms with Crippen molar-refractivity contribution in [2.75, 3.05) is 0 Å². The number of imidazole rings is 1. The third kappa shape index (κ3) is 2.56. The highest BCUT2D eigenvalue weighted by atomic mass is 79.9. The van der Waals surface area contributed by atoms with Gasteiger partial charge in [0.2, 0.25) is 0 Å². The van der Waals surface area contributed by atoms with E-state index < -0.39 is 0 Å². The normalized spacial score (nSPS) is 11.2. The number of hydrogen-bond donors (Lipinski definition) is 0. The molecule has 2 aromatic rings. The monoisotopic (exact) mass is 309 g/mol. The van der Waals surface area contributed by atoms with E-state index in [1.165, 1.54) is 0 Å². The summed E-state index contributed by atoms with van der Waals surface area (Å²) in [5.41, 5.74) is 1.80. The fraction of sp³-hybridized carbons (Fsp3) is 0.385. The van der Waals surface area contributed by atoms with Crippen LogP contribution in [0.3, 0.4) is 0 Å². The number of halogens is 1. The molecule has 0 aliphatic heterocycles. The highest BCUT2D eigenvalue weighted by Crippen LogP contribution is 2.12. The van der Waals surface area contributed by atoms with Crippen LogP contribution in [0.2, 0.25) is 0 Å². The van der Waals surface area contributed by atoms with E-state index in [0.717, 1.165) is 15.7 Å². The van der Waals surface area contributed by atoms with E-state index >= 15 is 0 Å². The summed E-state index contributed by atoms with van der Waals surface area (Å²) < 4.78 is 4.69. The maximum atomic E-state index is 12.0. The fourth-order valence-corrected chi connectivity index (χ4v) is 2.54. The SMILES string of the molecule is Cc1cc(Br)cn(Cc2cncn2C(C)C)c1=O. The molecule has 0 saturated heterocycles. The minimum Gasteiger partial charge on any atom is -0.330 e. The van der Waals surface area contributed by atoms with Crippen molar-refractivity contribution < 1.29 is 0 Å². The molecule has 0 N–H and O–H groups in total. The number of nitrogens with zero attached hydrogens (tertiary/aromatic N) is 3. The Hall–Kier alpha value is -1.36. The zero-order chi connectivity index (χ0) is 13.3. The minimum absolute atomic E-state index is 0.0368. The van der Waals surface area contributed by atoms with Crippen molar-refractivity contribution in [3.8, 4) is 0 Å². The van der Waals surface area contributed by atoms with Gasteiger partial charge in [0.25, 0.3) is 5.56 Å². The Morgan fingerprint density at radius 3 is 2.83 bits per heavy atom. The number of aromatic nitrogens is 3. The maximum Gasteiger partial charge on any atom is 0.253 e. The maximum absolute atomic E-state index is 12.0. The molecule has 0 aromatic carbocycles. The quantitative estimate of drug-likeness (QED) is 0.874. The number of hydrogen-bond acceptors (Lipinski definition) is 2. The first kappa shape index (κ1) is 13.1. The molecular weight excluding hydrogens is 294 g/mol. The van der Waals surface area contributed by atoms with E-state index in [0.29, 0.717) is 12.6 Å².